The van der Waals surface area contributed by atoms with Crippen molar-refractivity contribution in [2.75, 3.05) is 11.1 Å². The molecule has 0 aromatic carbocycles. The smallest absolute Gasteiger partial charge is 0.288 e. The molecule has 2 rings (SSSR count). The molecule has 0 saturated heterocycles. The number of pyridine rings is 1. The lowest BCUT2D eigenvalue weighted by Gasteiger charge is -2.08. The highest BCUT2D eigenvalue weighted by Gasteiger charge is 2.17. The van der Waals surface area contributed by atoms with E-state index in [4.69, 9.17) is 4.52 Å². The van der Waals surface area contributed by atoms with Gasteiger partial charge in [0.05, 0.1) is 11.3 Å². The van der Waals surface area contributed by atoms with E-state index in [-0.39, 0.29) is 17.7 Å². The molecule has 0 saturated carbocycles. The number of rotatable bonds is 7. The van der Waals surface area contributed by atoms with E-state index in [0.717, 1.165) is 12.1 Å². The van der Waals surface area contributed by atoms with Gasteiger partial charge in [0.15, 0.2) is 6.04 Å². The summed E-state index contributed by atoms with van der Waals surface area (Å²) in [6, 6.07) is 5.89. The number of thioether (sulfide) groups is 1. The molecular formula is C17H22N5O2S+. The topological polar surface area (TPSA) is 95.7 Å². The molecule has 132 valence electrons. The zero-order chi connectivity index (χ0) is 18.4. The zero-order valence-corrected chi connectivity index (χ0v) is 15.6. The summed E-state index contributed by atoms with van der Waals surface area (Å²) in [4.78, 5) is 16.6. The molecule has 0 atom stereocenters. The van der Waals surface area contributed by atoms with Gasteiger partial charge in [-0.25, -0.2) is 4.98 Å². The van der Waals surface area contributed by atoms with Crippen LogP contribution in [0.15, 0.2) is 27.9 Å². The summed E-state index contributed by atoms with van der Waals surface area (Å²) in [6.07, 6.45) is 2.47. The van der Waals surface area contributed by atoms with Crippen molar-refractivity contribution in [2.24, 2.45) is 5.92 Å². The molecule has 0 unspecified atom stereocenters. The first-order valence-corrected chi connectivity index (χ1v) is 9.08. The van der Waals surface area contributed by atoms with Crippen molar-refractivity contribution in [1.82, 2.24) is 10.3 Å². The lowest BCUT2D eigenvalue weighted by atomic mass is 10.1. The molecule has 8 heteroatoms. The van der Waals surface area contributed by atoms with Crippen LogP contribution in [0.25, 0.3) is 0 Å². The van der Waals surface area contributed by atoms with Crippen molar-refractivity contribution >= 4 is 23.6 Å². The molecule has 0 spiro atoms. The van der Waals surface area contributed by atoms with Gasteiger partial charge in [-0.1, -0.05) is 25.6 Å². The minimum atomic E-state index is -0.239. The largest absolute Gasteiger partial charge is 0.302 e. The summed E-state index contributed by atoms with van der Waals surface area (Å²) in [5.41, 5.74) is 1.40. The first-order valence-electron chi connectivity index (χ1n) is 8.09. The lowest BCUT2D eigenvalue weighted by Crippen LogP contribution is -2.36. The van der Waals surface area contributed by atoms with Crippen LogP contribution in [0.2, 0.25) is 0 Å². The number of hydrogen-bond donors (Lipinski definition) is 1. The minimum absolute atomic E-state index is 0.134. The van der Waals surface area contributed by atoms with Crippen molar-refractivity contribution < 1.29 is 14.0 Å². The summed E-state index contributed by atoms with van der Waals surface area (Å²) < 4.78 is 6.68. The Balaban J connectivity index is 1.99. The molecule has 1 N–H and O–H groups in total. The third-order valence-corrected chi connectivity index (χ3v) is 4.26. The van der Waals surface area contributed by atoms with E-state index < -0.39 is 0 Å². The van der Waals surface area contributed by atoms with Gasteiger partial charge in [0.2, 0.25) is 11.2 Å². The number of hydrogen-bond acceptors (Lipinski definition) is 6. The maximum Gasteiger partial charge on any atom is 0.302 e. The molecule has 1 amide bonds. The highest BCUT2D eigenvalue weighted by atomic mass is 32.2. The Kier molecular flexibility index (Phi) is 6.53. The van der Waals surface area contributed by atoms with Crippen molar-refractivity contribution in [1.29, 1.82) is 5.26 Å². The van der Waals surface area contributed by atoms with Gasteiger partial charge < -0.3 is 0 Å². The molecular weight excluding hydrogens is 338 g/mol. The highest BCUT2D eigenvalue weighted by molar-refractivity contribution is 8.00. The number of amides is 1. The van der Waals surface area contributed by atoms with Gasteiger partial charge in [0.1, 0.15) is 11.1 Å². The van der Waals surface area contributed by atoms with Crippen LogP contribution in [0.4, 0.5) is 5.88 Å². The quantitative estimate of drug-likeness (QED) is 0.602. The third kappa shape index (κ3) is 5.57. The molecule has 25 heavy (non-hydrogen) atoms. The number of carbonyl (C=O) groups is 1. The van der Waals surface area contributed by atoms with Gasteiger partial charge in [0.25, 0.3) is 6.20 Å². The van der Waals surface area contributed by atoms with Crippen LogP contribution >= 0.6 is 11.8 Å². The number of nitriles is 1. The van der Waals surface area contributed by atoms with Gasteiger partial charge in [-0.3, -0.25) is 14.6 Å². The second-order valence-corrected chi connectivity index (χ2v) is 7.31. The normalized spacial score (nSPS) is 10.9. The maximum absolute atomic E-state index is 12.1. The van der Waals surface area contributed by atoms with Crippen molar-refractivity contribution in [3.63, 3.8) is 0 Å². The van der Waals surface area contributed by atoms with Crippen LogP contribution in [-0.2, 0) is 11.2 Å². The molecule has 2 aromatic heterocycles. The van der Waals surface area contributed by atoms with E-state index in [1.165, 1.54) is 11.8 Å². The number of carbonyl (C=O) groups excluding carboxylic acids is 1. The number of nitrogens with one attached hydrogen (secondary N) is 1. The van der Waals surface area contributed by atoms with E-state index in [1.54, 1.807) is 16.9 Å². The fourth-order valence-corrected chi connectivity index (χ4v) is 2.86. The average molecular weight is 360 g/mol. The SMILES string of the molecule is CC(C)Cc1ccc(C#N)c(SCC(=O)Nc2c[n+](C(C)C)no2)n1. The second-order valence-electron chi connectivity index (χ2n) is 6.34. The van der Waals surface area contributed by atoms with E-state index in [2.05, 4.69) is 35.5 Å². The standard InChI is InChI=1S/C17H21N5O2S/c1-11(2)7-14-6-5-13(8-18)17(19-14)25-10-15(23)20-16-9-22(12(3)4)21-24-16/h5-6,9,11-12H,7,10H2,1-4H3/p+1. The molecule has 0 radical (unpaired) electrons. The minimum Gasteiger partial charge on any atom is -0.288 e. The molecule has 7 nitrogen and oxygen atoms in total. The summed E-state index contributed by atoms with van der Waals surface area (Å²) in [5.74, 6) is 0.661. The zero-order valence-electron chi connectivity index (χ0n) is 14.8. The van der Waals surface area contributed by atoms with Crippen molar-refractivity contribution in [2.45, 2.75) is 45.2 Å². The first kappa shape index (κ1) is 18.9. The number of aromatic nitrogens is 3. The second kappa shape index (κ2) is 8.62. The summed E-state index contributed by atoms with van der Waals surface area (Å²) in [6.45, 7) is 8.15. The fraction of sp³-hybridized carbons (Fsp3) is 0.471. The first-order chi connectivity index (χ1) is 11.9. The molecule has 2 heterocycles. The van der Waals surface area contributed by atoms with Crippen molar-refractivity contribution in [3.8, 4) is 6.07 Å². The molecule has 2 aromatic rings. The van der Waals surface area contributed by atoms with E-state index >= 15 is 0 Å². The van der Waals surface area contributed by atoms with Crippen LogP contribution in [0.1, 0.15) is 45.0 Å². The van der Waals surface area contributed by atoms with E-state index in [0.29, 0.717) is 22.4 Å². The van der Waals surface area contributed by atoms with E-state index in [9.17, 15) is 10.1 Å². The highest BCUT2D eigenvalue weighted by Crippen LogP contribution is 2.22. The molecule has 0 aliphatic carbocycles. The Hall–Kier alpha value is -2.40. The Bertz CT molecular complexity index is 780. The average Bonchev–Trinajstić information content (AvgIpc) is 3.01. The van der Waals surface area contributed by atoms with Crippen LogP contribution in [0.5, 0.6) is 0 Å². The van der Waals surface area contributed by atoms with Crippen LogP contribution in [-0.4, -0.2) is 21.9 Å². The van der Waals surface area contributed by atoms with Gasteiger partial charge >= 0.3 is 5.88 Å². The Morgan fingerprint density at radius 1 is 1.40 bits per heavy atom. The Labute approximate surface area is 151 Å². The molecule has 0 aliphatic heterocycles. The lowest BCUT2D eigenvalue weighted by molar-refractivity contribution is -0.779. The maximum atomic E-state index is 12.1. The summed E-state index contributed by atoms with van der Waals surface area (Å²) >= 11 is 1.24. The number of nitrogens with zero attached hydrogens (tertiary/aromatic N) is 4. The fourth-order valence-electron chi connectivity index (χ4n) is 2.07. The van der Waals surface area contributed by atoms with Gasteiger partial charge in [0, 0.05) is 5.69 Å². The van der Waals surface area contributed by atoms with Gasteiger partial charge in [-0.2, -0.15) is 5.26 Å². The van der Waals surface area contributed by atoms with Crippen molar-refractivity contribution in [3.05, 3.63) is 29.6 Å². The molecule has 0 fully saturated rings. The Morgan fingerprint density at radius 3 is 2.76 bits per heavy atom. The van der Waals surface area contributed by atoms with Crippen LogP contribution in [0.3, 0.4) is 0 Å². The summed E-state index contributed by atoms with van der Waals surface area (Å²) in [7, 11) is 0. The van der Waals surface area contributed by atoms with Gasteiger partial charge in [-0.15, -0.1) is 0 Å². The molecule has 0 bridgehead atoms. The van der Waals surface area contributed by atoms with Crippen LogP contribution < -0.4 is 10.00 Å². The molecule has 0 aliphatic rings. The third-order valence-electron chi connectivity index (χ3n) is 3.27. The summed E-state index contributed by atoms with van der Waals surface area (Å²) in [5, 5.41) is 16.3. The van der Waals surface area contributed by atoms with E-state index in [1.807, 2.05) is 19.9 Å². The number of anilines is 1. The van der Waals surface area contributed by atoms with Crippen LogP contribution in [0, 0.1) is 17.2 Å². The van der Waals surface area contributed by atoms with Gasteiger partial charge in [-0.05, 0) is 43.0 Å². The Morgan fingerprint density at radius 2 is 2.16 bits per heavy atom. The monoisotopic (exact) mass is 360 g/mol. The predicted molar refractivity (Wildman–Crippen MR) is 93.9 cm³/mol. The predicted octanol–water partition coefficient (Wildman–Crippen LogP) is 2.74.